The molecular weight excluding hydrogens is 416 g/mol. The van der Waals surface area contributed by atoms with E-state index in [0.29, 0.717) is 47.8 Å². The number of piperidine rings is 1. The van der Waals surface area contributed by atoms with E-state index < -0.39 is 0 Å². The van der Waals surface area contributed by atoms with Gasteiger partial charge in [-0.2, -0.15) is 0 Å². The number of ether oxygens (including phenoxy) is 1. The maximum absolute atomic E-state index is 12.9. The number of furan rings is 1. The van der Waals surface area contributed by atoms with Gasteiger partial charge in [0.25, 0.3) is 11.8 Å². The Kier molecular flexibility index (Phi) is 6.57. The molecular formula is C24H23ClN2O4. The van der Waals surface area contributed by atoms with Crippen molar-refractivity contribution < 1.29 is 18.7 Å². The summed E-state index contributed by atoms with van der Waals surface area (Å²) in [6.45, 7) is 1.44. The predicted octanol–water partition coefficient (Wildman–Crippen LogP) is 4.55. The zero-order valence-corrected chi connectivity index (χ0v) is 17.7. The number of rotatable bonds is 6. The highest BCUT2D eigenvalue weighted by Crippen LogP contribution is 2.23. The molecule has 0 aliphatic carbocycles. The first-order chi connectivity index (χ1) is 15.1. The number of nitrogens with one attached hydrogen (secondary N) is 1. The molecule has 2 aromatic carbocycles. The number of benzene rings is 2. The van der Waals surface area contributed by atoms with E-state index in [2.05, 4.69) is 5.32 Å². The first kappa shape index (κ1) is 21.0. The molecule has 1 N–H and O–H groups in total. The second kappa shape index (κ2) is 9.71. The average Bonchev–Trinajstić information content (AvgIpc) is 3.34. The van der Waals surface area contributed by atoms with Crippen LogP contribution in [0.1, 0.15) is 39.1 Å². The molecule has 160 valence electrons. The fourth-order valence-electron chi connectivity index (χ4n) is 3.61. The fourth-order valence-corrected chi connectivity index (χ4v) is 3.80. The lowest BCUT2D eigenvalue weighted by Gasteiger charge is -2.32. The van der Waals surface area contributed by atoms with Crippen LogP contribution in [0, 0.1) is 0 Å². The van der Waals surface area contributed by atoms with E-state index in [-0.39, 0.29) is 24.5 Å². The van der Waals surface area contributed by atoms with Crippen molar-refractivity contribution in [2.24, 2.45) is 0 Å². The van der Waals surface area contributed by atoms with Gasteiger partial charge >= 0.3 is 0 Å². The molecule has 1 aromatic heterocycles. The quantitative estimate of drug-likeness (QED) is 0.613. The molecule has 0 bridgehead atoms. The van der Waals surface area contributed by atoms with Crippen LogP contribution >= 0.6 is 11.6 Å². The molecule has 7 heteroatoms. The number of hydrogen-bond acceptors (Lipinski definition) is 4. The number of para-hydroxylation sites is 1. The first-order valence-corrected chi connectivity index (χ1v) is 10.6. The molecule has 1 aliphatic rings. The topological polar surface area (TPSA) is 71.8 Å². The van der Waals surface area contributed by atoms with Gasteiger partial charge in [-0.3, -0.25) is 9.59 Å². The lowest BCUT2D eigenvalue weighted by Crippen LogP contribution is -2.46. The van der Waals surface area contributed by atoms with Gasteiger partial charge in [-0.1, -0.05) is 41.9 Å². The standard InChI is InChI=1S/C24H23ClN2O4/c25-21-7-3-1-5-17(21)16-31-22-8-4-2-6-20(22)23(28)26-19-9-12-27(13-10-19)24(29)18-11-14-30-15-18/h1-8,11,14-15,19H,9-10,12-13,16H2,(H,26,28). The van der Waals surface area contributed by atoms with Crippen LogP contribution in [0.15, 0.2) is 71.5 Å². The molecule has 3 aromatic rings. The summed E-state index contributed by atoms with van der Waals surface area (Å²) in [5.41, 5.74) is 1.88. The molecule has 0 atom stereocenters. The van der Waals surface area contributed by atoms with E-state index >= 15 is 0 Å². The third-order valence-electron chi connectivity index (χ3n) is 5.36. The van der Waals surface area contributed by atoms with Crippen molar-refractivity contribution in [2.75, 3.05) is 13.1 Å². The summed E-state index contributed by atoms with van der Waals surface area (Å²) in [6, 6.07) is 16.3. The smallest absolute Gasteiger partial charge is 0.257 e. The third-order valence-corrected chi connectivity index (χ3v) is 5.73. The number of halogens is 1. The summed E-state index contributed by atoms with van der Waals surface area (Å²) in [4.78, 5) is 27.1. The Labute approximate surface area is 185 Å². The highest BCUT2D eigenvalue weighted by Gasteiger charge is 2.26. The average molecular weight is 439 g/mol. The minimum atomic E-state index is -0.186. The zero-order chi connectivity index (χ0) is 21.6. The van der Waals surface area contributed by atoms with Crippen LogP contribution < -0.4 is 10.1 Å². The lowest BCUT2D eigenvalue weighted by molar-refractivity contribution is 0.0697. The second-order valence-corrected chi connectivity index (χ2v) is 7.84. The molecule has 0 spiro atoms. The fraction of sp³-hybridized carbons (Fsp3) is 0.250. The minimum Gasteiger partial charge on any atom is -0.488 e. The van der Waals surface area contributed by atoms with Crippen molar-refractivity contribution in [3.8, 4) is 5.75 Å². The van der Waals surface area contributed by atoms with E-state index in [1.807, 2.05) is 36.4 Å². The molecule has 6 nitrogen and oxygen atoms in total. The van der Waals surface area contributed by atoms with Crippen molar-refractivity contribution in [3.05, 3.63) is 88.8 Å². The number of carbonyl (C=O) groups is 2. The van der Waals surface area contributed by atoms with Crippen molar-refractivity contribution in [1.82, 2.24) is 10.2 Å². The summed E-state index contributed by atoms with van der Waals surface area (Å²) in [7, 11) is 0. The van der Waals surface area contributed by atoms with Gasteiger partial charge < -0.3 is 19.4 Å². The maximum Gasteiger partial charge on any atom is 0.257 e. The van der Waals surface area contributed by atoms with Crippen LogP contribution in [-0.4, -0.2) is 35.8 Å². The van der Waals surface area contributed by atoms with Crippen LogP contribution in [0.3, 0.4) is 0 Å². The molecule has 4 rings (SSSR count). The van der Waals surface area contributed by atoms with Gasteiger partial charge in [0.2, 0.25) is 0 Å². The van der Waals surface area contributed by atoms with Crippen molar-refractivity contribution in [3.63, 3.8) is 0 Å². The van der Waals surface area contributed by atoms with Gasteiger partial charge in [-0.15, -0.1) is 0 Å². The molecule has 2 heterocycles. The van der Waals surface area contributed by atoms with Crippen LogP contribution in [0.25, 0.3) is 0 Å². The van der Waals surface area contributed by atoms with Crippen LogP contribution in [0.5, 0.6) is 5.75 Å². The molecule has 1 fully saturated rings. The SMILES string of the molecule is O=C(NC1CCN(C(=O)c2ccoc2)CC1)c1ccccc1OCc1ccccc1Cl. The predicted molar refractivity (Wildman–Crippen MR) is 117 cm³/mol. The van der Waals surface area contributed by atoms with E-state index in [9.17, 15) is 9.59 Å². The summed E-state index contributed by atoms with van der Waals surface area (Å²) < 4.78 is 10.9. The highest BCUT2D eigenvalue weighted by molar-refractivity contribution is 6.31. The molecule has 2 amide bonds. The van der Waals surface area contributed by atoms with Crippen LogP contribution in [0.2, 0.25) is 5.02 Å². The lowest BCUT2D eigenvalue weighted by atomic mass is 10.0. The molecule has 0 radical (unpaired) electrons. The largest absolute Gasteiger partial charge is 0.488 e. The Morgan fingerprint density at radius 3 is 2.55 bits per heavy atom. The Morgan fingerprint density at radius 1 is 1.06 bits per heavy atom. The van der Waals surface area contributed by atoms with Gasteiger partial charge in [0, 0.05) is 29.7 Å². The highest BCUT2D eigenvalue weighted by atomic mass is 35.5. The number of nitrogens with zero attached hydrogens (tertiary/aromatic N) is 1. The number of carbonyl (C=O) groups excluding carboxylic acids is 2. The maximum atomic E-state index is 12.9. The molecule has 0 unspecified atom stereocenters. The monoisotopic (exact) mass is 438 g/mol. The van der Waals surface area contributed by atoms with Crippen molar-refractivity contribution in [1.29, 1.82) is 0 Å². The Hall–Kier alpha value is -3.25. The molecule has 31 heavy (non-hydrogen) atoms. The normalized spacial score (nSPS) is 14.3. The van der Waals surface area contributed by atoms with E-state index in [1.54, 1.807) is 23.1 Å². The van der Waals surface area contributed by atoms with Gasteiger partial charge in [0.05, 0.1) is 17.4 Å². The van der Waals surface area contributed by atoms with E-state index in [0.717, 1.165) is 5.56 Å². The molecule has 1 saturated heterocycles. The zero-order valence-electron chi connectivity index (χ0n) is 16.9. The van der Waals surface area contributed by atoms with Gasteiger partial charge in [-0.05, 0) is 37.1 Å². The van der Waals surface area contributed by atoms with Crippen LogP contribution in [-0.2, 0) is 6.61 Å². The van der Waals surface area contributed by atoms with Crippen molar-refractivity contribution >= 4 is 23.4 Å². The summed E-state index contributed by atoms with van der Waals surface area (Å²) in [6.07, 6.45) is 4.33. The first-order valence-electron chi connectivity index (χ1n) is 10.2. The Balaban J connectivity index is 1.34. The van der Waals surface area contributed by atoms with Gasteiger partial charge in [-0.25, -0.2) is 0 Å². The molecule has 0 saturated carbocycles. The minimum absolute atomic E-state index is 0.00229. The second-order valence-electron chi connectivity index (χ2n) is 7.43. The number of amides is 2. The van der Waals surface area contributed by atoms with Gasteiger partial charge in [0.15, 0.2) is 0 Å². The van der Waals surface area contributed by atoms with Gasteiger partial charge in [0.1, 0.15) is 18.6 Å². The molecule has 1 aliphatic heterocycles. The third kappa shape index (κ3) is 5.09. The summed E-state index contributed by atoms with van der Waals surface area (Å²) in [5.74, 6) is 0.277. The van der Waals surface area contributed by atoms with E-state index in [1.165, 1.54) is 12.5 Å². The summed E-state index contributed by atoms with van der Waals surface area (Å²) >= 11 is 6.20. The van der Waals surface area contributed by atoms with Crippen molar-refractivity contribution in [2.45, 2.75) is 25.5 Å². The number of hydrogen-bond donors (Lipinski definition) is 1. The Morgan fingerprint density at radius 2 is 1.81 bits per heavy atom. The van der Waals surface area contributed by atoms with E-state index in [4.69, 9.17) is 20.8 Å². The van der Waals surface area contributed by atoms with Crippen LogP contribution in [0.4, 0.5) is 0 Å². The Bertz CT molecular complexity index is 1040. The summed E-state index contributed by atoms with van der Waals surface area (Å²) in [5, 5.41) is 3.70. The number of likely N-dealkylation sites (tertiary alicyclic amines) is 1.